The lowest BCUT2D eigenvalue weighted by Crippen LogP contribution is -2.07. The van der Waals surface area contributed by atoms with E-state index in [0.717, 1.165) is 22.0 Å². The molecule has 0 aliphatic heterocycles. The quantitative estimate of drug-likeness (QED) is 0.399. The molecule has 1 heterocycles. The second-order valence-electron chi connectivity index (χ2n) is 5.22. The van der Waals surface area contributed by atoms with Gasteiger partial charge in [-0.1, -0.05) is 43.7 Å². The summed E-state index contributed by atoms with van der Waals surface area (Å²) in [6.07, 6.45) is 6.94. The number of nitriles is 1. The smallest absolute Gasteiger partial charge is 0.187 e. The topological polar surface area (TPSA) is 58.8 Å². The van der Waals surface area contributed by atoms with Gasteiger partial charge < -0.3 is 4.74 Å². The van der Waals surface area contributed by atoms with E-state index >= 15 is 0 Å². The number of hydrogen-bond acceptors (Lipinski definition) is 5. The Morgan fingerprint density at radius 3 is 2.43 bits per heavy atom. The van der Waals surface area contributed by atoms with Crippen molar-refractivity contribution in [1.82, 2.24) is 9.97 Å². The molecule has 0 saturated heterocycles. The van der Waals surface area contributed by atoms with E-state index < -0.39 is 6.10 Å². The van der Waals surface area contributed by atoms with Gasteiger partial charge in [0.05, 0.1) is 0 Å². The van der Waals surface area contributed by atoms with Crippen molar-refractivity contribution in [1.29, 1.82) is 5.26 Å². The summed E-state index contributed by atoms with van der Waals surface area (Å²) in [4.78, 5) is 8.83. The fourth-order valence-corrected chi connectivity index (χ4v) is 2.80. The molecule has 0 aliphatic carbocycles. The molecular weight excluding hydrogens is 306 g/mol. The fraction of sp³-hybridized carbons (Fsp3) is 0.389. The fourth-order valence-electron chi connectivity index (χ4n) is 2.01. The van der Waals surface area contributed by atoms with Crippen LogP contribution in [0.3, 0.4) is 0 Å². The third kappa shape index (κ3) is 5.57. The van der Waals surface area contributed by atoms with Gasteiger partial charge in [0.15, 0.2) is 11.3 Å². The Morgan fingerprint density at radius 2 is 1.83 bits per heavy atom. The number of hydrogen-bond donors (Lipinski definition) is 0. The van der Waals surface area contributed by atoms with Crippen LogP contribution in [0, 0.1) is 11.3 Å². The van der Waals surface area contributed by atoms with Gasteiger partial charge in [-0.3, -0.25) is 0 Å². The molecule has 0 saturated carbocycles. The largest absolute Gasteiger partial charge is 0.476 e. The summed E-state index contributed by atoms with van der Waals surface area (Å²) in [5, 5.41) is 9.58. The van der Waals surface area contributed by atoms with Gasteiger partial charge in [-0.15, -0.1) is 0 Å². The highest BCUT2D eigenvalue weighted by Gasteiger charge is 2.04. The van der Waals surface area contributed by atoms with Crippen LogP contribution in [-0.4, -0.2) is 21.8 Å². The van der Waals surface area contributed by atoms with Gasteiger partial charge in [0.1, 0.15) is 11.8 Å². The van der Waals surface area contributed by atoms with Crippen LogP contribution in [-0.2, 0) is 0 Å². The Kier molecular flexibility index (Phi) is 6.89. The second-order valence-corrected chi connectivity index (χ2v) is 6.29. The van der Waals surface area contributed by atoms with Gasteiger partial charge in [0.2, 0.25) is 0 Å². The van der Waals surface area contributed by atoms with Crippen molar-refractivity contribution in [3.05, 3.63) is 36.7 Å². The van der Waals surface area contributed by atoms with Crippen LogP contribution in [0.1, 0.15) is 33.1 Å². The number of thioether (sulfide) groups is 1. The second kappa shape index (κ2) is 9.16. The predicted octanol–water partition coefficient (Wildman–Crippen LogP) is 4.72. The molecule has 0 aliphatic rings. The lowest BCUT2D eigenvalue weighted by Gasteiger charge is -2.08. The summed E-state index contributed by atoms with van der Waals surface area (Å²) in [5.41, 5.74) is 2.01. The molecule has 1 aromatic carbocycles. The van der Waals surface area contributed by atoms with Crippen LogP contribution in [0.2, 0.25) is 0 Å². The summed E-state index contributed by atoms with van der Waals surface area (Å²) in [6, 6.07) is 9.66. The molecule has 1 aromatic heterocycles. The Labute approximate surface area is 141 Å². The summed E-state index contributed by atoms with van der Waals surface area (Å²) >= 11 is 1.70. The predicted molar refractivity (Wildman–Crippen MR) is 93.4 cm³/mol. The third-order valence-corrected chi connectivity index (χ3v) is 4.25. The van der Waals surface area contributed by atoms with Crippen molar-refractivity contribution in [3.8, 4) is 22.9 Å². The molecule has 2 rings (SSSR count). The van der Waals surface area contributed by atoms with Crippen molar-refractivity contribution in [3.63, 3.8) is 0 Å². The lowest BCUT2D eigenvalue weighted by molar-refractivity contribution is 0.276. The SMILES string of the molecule is CCCCCSc1ncc(-c2ccc(O[C@H](C)C#N)cc2)cn1. The van der Waals surface area contributed by atoms with Gasteiger partial charge in [-0.05, 0) is 31.0 Å². The first-order chi connectivity index (χ1) is 11.2. The zero-order valence-corrected chi connectivity index (χ0v) is 14.3. The molecule has 0 fully saturated rings. The average Bonchev–Trinajstić information content (AvgIpc) is 2.60. The van der Waals surface area contributed by atoms with E-state index in [2.05, 4.69) is 16.9 Å². The monoisotopic (exact) mass is 327 g/mol. The Bertz CT molecular complexity index is 635. The molecule has 4 nitrogen and oxygen atoms in total. The van der Waals surface area contributed by atoms with E-state index in [0.29, 0.717) is 5.75 Å². The molecule has 0 N–H and O–H groups in total. The molecular formula is C18H21N3OS. The number of benzene rings is 1. The highest BCUT2D eigenvalue weighted by Crippen LogP contribution is 2.23. The van der Waals surface area contributed by atoms with Gasteiger partial charge in [0, 0.05) is 23.7 Å². The Hall–Kier alpha value is -2.06. The number of nitrogens with zero attached hydrogens (tertiary/aromatic N) is 3. The highest BCUT2D eigenvalue weighted by molar-refractivity contribution is 7.99. The van der Waals surface area contributed by atoms with Crippen LogP contribution in [0.15, 0.2) is 41.8 Å². The van der Waals surface area contributed by atoms with E-state index in [-0.39, 0.29) is 0 Å². The van der Waals surface area contributed by atoms with Crippen molar-refractivity contribution in [2.45, 2.75) is 44.4 Å². The summed E-state index contributed by atoms with van der Waals surface area (Å²) < 4.78 is 5.44. The Balaban J connectivity index is 1.95. The minimum absolute atomic E-state index is 0.451. The minimum atomic E-state index is -0.451. The zero-order valence-electron chi connectivity index (χ0n) is 13.5. The minimum Gasteiger partial charge on any atom is -0.476 e. The molecule has 2 aromatic rings. The van der Waals surface area contributed by atoms with Gasteiger partial charge in [-0.25, -0.2) is 9.97 Å². The van der Waals surface area contributed by atoms with Crippen LogP contribution < -0.4 is 4.74 Å². The maximum atomic E-state index is 8.75. The molecule has 1 atom stereocenters. The number of aromatic nitrogens is 2. The van der Waals surface area contributed by atoms with Crippen LogP contribution in [0.5, 0.6) is 5.75 Å². The standard InChI is InChI=1S/C18H21N3OS/c1-3-4-5-10-23-18-20-12-16(13-21-18)15-6-8-17(9-7-15)22-14(2)11-19/h6-9,12-14H,3-5,10H2,1-2H3/t14-/m1/s1. The molecule has 0 amide bonds. The van der Waals surface area contributed by atoms with E-state index in [4.69, 9.17) is 10.00 Å². The maximum Gasteiger partial charge on any atom is 0.187 e. The summed E-state index contributed by atoms with van der Waals surface area (Å²) in [7, 11) is 0. The number of rotatable bonds is 8. The lowest BCUT2D eigenvalue weighted by atomic mass is 10.1. The average molecular weight is 327 g/mol. The van der Waals surface area contributed by atoms with Crippen LogP contribution in [0.4, 0.5) is 0 Å². The van der Waals surface area contributed by atoms with Gasteiger partial charge >= 0.3 is 0 Å². The van der Waals surface area contributed by atoms with Gasteiger partial charge in [-0.2, -0.15) is 5.26 Å². The summed E-state index contributed by atoms with van der Waals surface area (Å²) in [5.74, 6) is 1.75. The van der Waals surface area contributed by atoms with E-state index in [1.165, 1.54) is 19.3 Å². The first-order valence-electron chi connectivity index (χ1n) is 7.84. The molecule has 120 valence electrons. The molecule has 5 heteroatoms. The first-order valence-corrected chi connectivity index (χ1v) is 8.83. The van der Waals surface area contributed by atoms with Crippen molar-refractivity contribution >= 4 is 11.8 Å². The maximum absolute atomic E-state index is 8.75. The summed E-state index contributed by atoms with van der Waals surface area (Å²) in [6.45, 7) is 3.92. The van der Waals surface area contributed by atoms with Crippen molar-refractivity contribution < 1.29 is 4.74 Å². The molecule has 0 radical (unpaired) electrons. The molecule has 0 unspecified atom stereocenters. The van der Waals surface area contributed by atoms with E-state index in [9.17, 15) is 0 Å². The number of unbranched alkanes of at least 4 members (excludes halogenated alkanes) is 2. The highest BCUT2D eigenvalue weighted by atomic mass is 32.2. The van der Waals surface area contributed by atoms with Crippen LogP contribution in [0.25, 0.3) is 11.1 Å². The zero-order chi connectivity index (χ0) is 16.5. The van der Waals surface area contributed by atoms with E-state index in [1.807, 2.05) is 42.7 Å². The molecule has 0 bridgehead atoms. The third-order valence-electron chi connectivity index (χ3n) is 3.29. The van der Waals surface area contributed by atoms with E-state index in [1.54, 1.807) is 18.7 Å². The molecule has 23 heavy (non-hydrogen) atoms. The molecule has 0 spiro atoms. The van der Waals surface area contributed by atoms with Crippen molar-refractivity contribution in [2.75, 3.05) is 5.75 Å². The van der Waals surface area contributed by atoms with Gasteiger partial charge in [0.25, 0.3) is 0 Å². The van der Waals surface area contributed by atoms with Crippen molar-refractivity contribution in [2.24, 2.45) is 0 Å². The van der Waals surface area contributed by atoms with Crippen LogP contribution >= 0.6 is 11.8 Å². The normalized spacial score (nSPS) is 11.7. The number of ether oxygens (including phenoxy) is 1. The first kappa shape index (κ1) is 17.3. The Morgan fingerprint density at radius 1 is 1.13 bits per heavy atom.